The largest absolute Gasteiger partial charge is 0.464 e. The lowest BCUT2D eigenvalue weighted by atomic mass is 10.1. The predicted molar refractivity (Wildman–Crippen MR) is 171 cm³/mol. The summed E-state index contributed by atoms with van der Waals surface area (Å²) in [6.07, 6.45) is 2.50. The van der Waals surface area contributed by atoms with Crippen LogP contribution in [-0.2, 0) is 20.8 Å². The summed E-state index contributed by atoms with van der Waals surface area (Å²) in [5, 5.41) is 8.97. The smallest absolute Gasteiger partial charge is 0.412 e. The van der Waals surface area contributed by atoms with Crippen LogP contribution in [0.3, 0.4) is 0 Å². The van der Waals surface area contributed by atoms with Crippen molar-refractivity contribution in [3.05, 3.63) is 111 Å². The zero-order valence-electron chi connectivity index (χ0n) is 24.6. The number of para-hydroxylation sites is 1. The molecule has 0 unspecified atom stereocenters. The van der Waals surface area contributed by atoms with Crippen LogP contribution in [0.5, 0.6) is 0 Å². The zero-order valence-corrected chi connectivity index (χ0v) is 26.2. The number of halogens is 1. The van der Waals surface area contributed by atoms with E-state index in [9.17, 15) is 19.2 Å². The minimum Gasteiger partial charge on any atom is -0.464 e. The maximum Gasteiger partial charge on any atom is 0.412 e. The lowest BCUT2D eigenvalue weighted by molar-refractivity contribution is -0.136. The van der Waals surface area contributed by atoms with Gasteiger partial charge in [-0.3, -0.25) is 19.9 Å². The second kappa shape index (κ2) is 14.0. The summed E-state index contributed by atoms with van der Waals surface area (Å²) < 4.78 is 10.5. The normalized spacial score (nSPS) is 11.4. The van der Waals surface area contributed by atoms with Crippen LogP contribution in [0.1, 0.15) is 52.6 Å². The third-order valence-electron chi connectivity index (χ3n) is 6.08. The Hall–Kier alpha value is -5.03. The van der Waals surface area contributed by atoms with E-state index >= 15 is 0 Å². The number of anilines is 1. The van der Waals surface area contributed by atoms with Crippen molar-refractivity contribution in [2.24, 2.45) is 0 Å². The summed E-state index contributed by atoms with van der Waals surface area (Å²) in [7, 11) is 1.22. The van der Waals surface area contributed by atoms with Crippen LogP contribution in [0, 0.1) is 0 Å². The Bertz CT molecular complexity index is 1760. The maximum atomic E-state index is 13.1. The van der Waals surface area contributed by atoms with Crippen LogP contribution >= 0.6 is 15.9 Å². The van der Waals surface area contributed by atoms with Crippen LogP contribution in [0.2, 0.25) is 0 Å². The molecular weight excluding hydrogens is 628 g/mol. The molecule has 0 radical (unpaired) electrons. The van der Waals surface area contributed by atoms with E-state index in [4.69, 9.17) is 9.47 Å². The first-order valence-corrected chi connectivity index (χ1v) is 14.3. The van der Waals surface area contributed by atoms with Crippen molar-refractivity contribution in [3.8, 4) is 0 Å². The molecule has 3 aromatic carbocycles. The molecule has 0 fully saturated rings. The fraction of sp³-hybridized carbons (Fsp3) is 0.182. The molecular formula is C33H31BrN4O6. The molecule has 1 heterocycles. The van der Waals surface area contributed by atoms with Gasteiger partial charge in [-0.2, -0.15) is 0 Å². The Kier molecular flexibility index (Phi) is 10.1. The summed E-state index contributed by atoms with van der Waals surface area (Å²) >= 11 is 3.36. The van der Waals surface area contributed by atoms with Crippen LogP contribution in [0.25, 0.3) is 17.0 Å². The minimum absolute atomic E-state index is 0.0771. The number of hydrogen-bond acceptors (Lipinski definition) is 7. The third kappa shape index (κ3) is 8.74. The first kappa shape index (κ1) is 31.9. The first-order chi connectivity index (χ1) is 20.9. The van der Waals surface area contributed by atoms with Crippen molar-refractivity contribution in [2.45, 2.75) is 32.9 Å². The molecule has 4 aromatic rings. The van der Waals surface area contributed by atoms with Gasteiger partial charge < -0.3 is 20.1 Å². The molecule has 3 amide bonds. The van der Waals surface area contributed by atoms with Gasteiger partial charge in [-0.15, -0.1) is 0 Å². The molecule has 0 aliphatic rings. The fourth-order valence-corrected chi connectivity index (χ4v) is 4.64. The van der Waals surface area contributed by atoms with Crippen molar-refractivity contribution in [2.75, 3.05) is 12.4 Å². The van der Waals surface area contributed by atoms with Gasteiger partial charge in [-0.1, -0.05) is 30.3 Å². The second-order valence-corrected chi connectivity index (χ2v) is 11.5. The number of nitrogens with one attached hydrogen (secondary N) is 3. The number of carbonyl (C=O) groups is 4. The van der Waals surface area contributed by atoms with Crippen LogP contribution in [0.4, 0.5) is 10.5 Å². The van der Waals surface area contributed by atoms with E-state index in [0.29, 0.717) is 21.3 Å². The summed E-state index contributed by atoms with van der Waals surface area (Å²) in [6, 6.07) is 20.9. The summed E-state index contributed by atoms with van der Waals surface area (Å²) in [5.74, 6) is -1.69. The van der Waals surface area contributed by atoms with E-state index in [-0.39, 0.29) is 23.7 Å². The maximum absolute atomic E-state index is 13.1. The number of rotatable bonds is 8. The number of aromatic nitrogens is 1. The van der Waals surface area contributed by atoms with Crippen LogP contribution in [-0.4, -0.2) is 41.6 Å². The third-order valence-corrected chi connectivity index (χ3v) is 6.73. The van der Waals surface area contributed by atoms with Crippen LogP contribution in [0.15, 0.2) is 89.2 Å². The SMILES string of the molecule is COC(=O)/C(=C/c1cnc2ccccc2c1)NC(=O)c1ccc(C(=O)NCc2cccc(NC(=O)OC(C)(C)C)c2)cc1Br. The number of hydrogen-bond donors (Lipinski definition) is 3. The number of fused-ring (bicyclic) bond motifs is 1. The molecule has 0 bridgehead atoms. The highest BCUT2D eigenvalue weighted by Gasteiger charge is 2.19. The molecule has 3 N–H and O–H groups in total. The van der Waals surface area contributed by atoms with Gasteiger partial charge in [0.15, 0.2) is 0 Å². The molecule has 44 heavy (non-hydrogen) atoms. The molecule has 0 spiro atoms. The number of benzene rings is 3. The zero-order chi connectivity index (χ0) is 31.9. The lowest BCUT2D eigenvalue weighted by Crippen LogP contribution is -2.28. The van der Waals surface area contributed by atoms with E-state index in [1.54, 1.807) is 45.2 Å². The first-order valence-electron chi connectivity index (χ1n) is 13.5. The average Bonchev–Trinajstić information content (AvgIpc) is 2.98. The lowest BCUT2D eigenvalue weighted by Gasteiger charge is -2.19. The van der Waals surface area contributed by atoms with Crippen molar-refractivity contribution in [1.82, 2.24) is 15.6 Å². The van der Waals surface area contributed by atoms with Gasteiger partial charge >= 0.3 is 12.1 Å². The molecule has 0 saturated heterocycles. The van der Waals surface area contributed by atoms with Crippen molar-refractivity contribution >= 4 is 62.5 Å². The highest BCUT2D eigenvalue weighted by molar-refractivity contribution is 9.10. The molecule has 0 atom stereocenters. The van der Waals surface area contributed by atoms with Crippen molar-refractivity contribution in [3.63, 3.8) is 0 Å². The van der Waals surface area contributed by atoms with E-state index in [2.05, 4.69) is 36.9 Å². The summed E-state index contributed by atoms with van der Waals surface area (Å²) in [6.45, 7) is 5.52. The van der Waals surface area contributed by atoms with Gasteiger partial charge in [-0.05, 0) is 96.4 Å². The number of methoxy groups -OCH3 is 1. The Morgan fingerprint density at radius 2 is 1.70 bits per heavy atom. The van der Waals surface area contributed by atoms with E-state index < -0.39 is 23.6 Å². The number of ether oxygens (including phenoxy) is 2. The topological polar surface area (TPSA) is 136 Å². The monoisotopic (exact) mass is 658 g/mol. The number of amides is 3. The van der Waals surface area contributed by atoms with E-state index in [1.807, 2.05) is 36.4 Å². The highest BCUT2D eigenvalue weighted by Crippen LogP contribution is 2.21. The quantitative estimate of drug-likeness (QED) is 0.151. The fourth-order valence-electron chi connectivity index (χ4n) is 4.08. The van der Waals surface area contributed by atoms with Gasteiger partial charge in [0.1, 0.15) is 11.3 Å². The van der Waals surface area contributed by atoms with Crippen molar-refractivity contribution < 1.29 is 28.7 Å². The van der Waals surface area contributed by atoms with Gasteiger partial charge in [0, 0.05) is 33.9 Å². The number of nitrogens with zero attached hydrogens (tertiary/aromatic N) is 1. The van der Waals surface area contributed by atoms with Gasteiger partial charge in [0.2, 0.25) is 0 Å². The Morgan fingerprint density at radius 1 is 0.932 bits per heavy atom. The average molecular weight is 660 g/mol. The Balaban J connectivity index is 1.42. The van der Waals surface area contributed by atoms with Crippen molar-refractivity contribution in [1.29, 1.82) is 0 Å². The van der Waals surface area contributed by atoms with Crippen LogP contribution < -0.4 is 16.0 Å². The second-order valence-electron chi connectivity index (χ2n) is 10.7. The molecule has 226 valence electrons. The molecule has 0 aliphatic heterocycles. The molecule has 1 aromatic heterocycles. The summed E-state index contributed by atoms with van der Waals surface area (Å²) in [4.78, 5) is 54.9. The number of carbonyl (C=O) groups excluding carboxylic acids is 4. The number of pyridine rings is 1. The molecule has 11 heteroatoms. The Morgan fingerprint density at radius 3 is 2.43 bits per heavy atom. The highest BCUT2D eigenvalue weighted by atomic mass is 79.9. The van der Waals surface area contributed by atoms with Gasteiger partial charge in [-0.25, -0.2) is 9.59 Å². The summed E-state index contributed by atoms with van der Waals surface area (Å²) in [5.41, 5.74) is 2.48. The molecule has 0 saturated carbocycles. The Labute approximate surface area is 263 Å². The van der Waals surface area contributed by atoms with Gasteiger partial charge in [0.05, 0.1) is 18.2 Å². The van der Waals surface area contributed by atoms with E-state index in [0.717, 1.165) is 16.5 Å². The van der Waals surface area contributed by atoms with Gasteiger partial charge in [0.25, 0.3) is 11.8 Å². The number of esters is 1. The predicted octanol–water partition coefficient (Wildman–Crippen LogP) is 6.22. The molecule has 0 aliphatic carbocycles. The molecule has 10 nitrogen and oxygen atoms in total. The molecule has 4 rings (SSSR count). The van der Waals surface area contributed by atoms with E-state index in [1.165, 1.54) is 31.4 Å². The minimum atomic E-state index is -0.732. The standard InChI is InChI=1S/C33H31BrN4O6/c1-33(2,3)44-32(42)37-24-10-7-8-20(15-24)18-36-29(39)23-12-13-25(26(34)17-23)30(40)38-28(31(41)43-4)16-21-14-22-9-5-6-11-27(22)35-19-21/h5-17,19H,18H2,1-4H3,(H,36,39)(H,37,42)(H,38,40)/b28-16-.